The van der Waals surface area contributed by atoms with Crippen LogP contribution < -0.4 is 11.1 Å². The third-order valence-corrected chi connectivity index (χ3v) is 9.86. The highest BCUT2D eigenvalue weighted by molar-refractivity contribution is 7.98. The van der Waals surface area contributed by atoms with E-state index in [1.54, 1.807) is 31.6 Å². The van der Waals surface area contributed by atoms with Crippen LogP contribution in [0.25, 0.3) is 27.8 Å². The first-order valence-corrected chi connectivity index (χ1v) is 16.9. The zero-order chi connectivity index (χ0) is 34.2. The maximum atomic E-state index is 12.6. The molecule has 0 saturated carbocycles. The molecule has 47 heavy (non-hydrogen) atoms. The van der Waals surface area contributed by atoms with Crippen LogP contribution in [0.4, 0.5) is 4.79 Å². The number of benzene rings is 1. The van der Waals surface area contributed by atoms with Gasteiger partial charge in [0.15, 0.2) is 5.65 Å². The lowest BCUT2D eigenvalue weighted by atomic mass is 9.87. The standard InChI is InChI=1S/C34H45N7O5S/c1-19(2)29-24-14-23(22-10-12-39(13-11-22)16-28(35)42)8-9-27(24)41(47-17-26(32(43)44)38-33(45)46-34(5,6)7)30(29)25-15-40-31(36-18-37-40)21(4)20(25)3/h8-9,14-15,18-19,22,26H,10-13,16-17H2,1-7H3,(H2,35,42)(H,38,45)(H,43,44). The maximum absolute atomic E-state index is 12.6. The average Bonchev–Trinajstić information content (AvgIpc) is 3.58. The summed E-state index contributed by atoms with van der Waals surface area (Å²) in [6.45, 7) is 15.5. The van der Waals surface area contributed by atoms with Gasteiger partial charge in [0.2, 0.25) is 5.91 Å². The Labute approximate surface area is 279 Å². The molecule has 12 nitrogen and oxygen atoms in total. The molecule has 1 fully saturated rings. The van der Waals surface area contributed by atoms with E-state index in [9.17, 15) is 19.5 Å². The van der Waals surface area contributed by atoms with Crippen molar-refractivity contribution in [3.05, 3.63) is 53.0 Å². The molecule has 1 saturated heterocycles. The maximum Gasteiger partial charge on any atom is 0.408 e. The number of ether oxygens (including phenoxy) is 1. The van der Waals surface area contributed by atoms with Crippen molar-refractivity contribution in [1.82, 2.24) is 28.8 Å². The Bertz CT molecular complexity index is 1810. The number of carbonyl (C=O) groups is 3. The molecule has 0 radical (unpaired) electrons. The van der Waals surface area contributed by atoms with Gasteiger partial charge in [-0.25, -0.2) is 19.1 Å². The van der Waals surface area contributed by atoms with Gasteiger partial charge in [-0.1, -0.05) is 19.9 Å². The Hall–Kier alpha value is -4.10. The summed E-state index contributed by atoms with van der Waals surface area (Å²) in [6.07, 6.45) is 4.61. The number of carbonyl (C=O) groups excluding carboxylic acids is 2. The number of rotatable bonds is 10. The van der Waals surface area contributed by atoms with Crippen LogP contribution in [0.3, 0.4) is 0 Å². The van der Waals surface area contributed by atoms with Gasteiger partial charge in [-0.3, -0.25) is 13.7 Å². The van der Waals surface area contributed by atoms with Crippen molar-refractivity contribution in [2.24, 2.45) is 5.73 Å². The van der Waals surface area contributed by atoms with E-state index < -0.39 is 23.7 Å². The lowest BCUT2D eigenvalue weighted by Gasteiger charge is -2.31. The number of aliphatic carboxylic acids is 1. The molecule has 13 heteroatoms. The average molecular weight is 664 g/mol. The highest BCUT2D eigenvalue weighted by Crippen LogP contribution is 2.44. The third kappa shape index (κ3) is 7.41. The van der Waals surface area contributed by atoms with Gasteiger partial charge in [0.25, 0.3) is 0 Å². The van der Waals surface area contributed by atoms with Gasteiger partial charge in [-0.2, -0.15) is 5.10 Å². The molecule has 1 atom stereocenters. The van der Waals surface area contributed by atoms with Crippen molar-refractivity contribution in [2.75, 3.05) is 25.4 Å². The number of carboxylic acids is 1. The van der Waals surface area contributed by atoms with E-state index in [4.69, 9.17) is 10.5 Å². The summed E-state index contributed by atoms with van der Waals surface area (Å²) < 4.78 is 9.25. The van der Waals surface area contributed by atoms with E-state index in [1.807, 2.05) is 13.1 Å². The van der Waals surface area contributed by atoms with Crippen molar-refractivity contribution in [2.45, 2.75) is 84.8 Å². The number of nitrogens with two attached hydrogens (primary N) is 1. The highest BCUT2D eigenvalue weighted by Gasteiger charge is 2.29. The number of aromatic nitrogens is 4. The fourth-order valence-corrected chi connectivity index (χ4v) is 7.54. The molecule has 0 spiro atoms. The molecule has 5 rings (SSSR count). The van der Waals surface area contributed by atoms with Crippen molar-refractivity contribution < 1.29 is 24.2 Å². The molecule has 4 heterocycles. The number of likely N-dealkylation sites (tertiary alicyclic amines) is 1. The van der Waals surface area contributed by atoms with Crippen LogP contribution in [-0.2, 0) is 14.3 Å². The lowest BCUT2D eigenvalue weighted by molar-refractivity contribution is -0.138. The molecule has 4 aromatic rings. The monoisotopic (exact) mass is 663 g/mol. The smallest absolute Gasteiger partial charge is 0.408 e. The van der Waals surface area contributed by atoms with Crippen LogP contribution >= 0.6 is 11.9 Å². The second-order valence-electron chi connectivity index (χ2n) is 13.7. The largest absolute Gasteiger partial charge is 0.480 e. The summed E-state index contributed by atoms with van der Waals surface area (Å²) in [5, 5.41) is 18.2. The van der Waals surface area contributed by atoms with E-state index in [2.05, 4.69) is 63.2 Å². The van der Waals surface area contributed by atoms with E-state index >= 15 is 0 Å². The van der Waals surface area contributed by atoms with Crippen LogP contribution in [0.5, 0.6) is 0 Å². The fraction of sp³-hybridized carbons (Fsp3) is 0.500. The number of hydrogen-bond acceptors (Lipinski definition) is 8. The number of aryl methyl sites for hydroxylation is 1. The van der Waals surface area contributed by atoms with E-state index in [0.29, 0.717) is 5.92 Å². The SMILES string of the molecule is Cc1c(-c2c(C(C)C)c3cc(C4CCN(CC(N)=O)CC4)ccc3n2SCC(NC(=O)OC(C)(C)C)C(=O)O)cn2ncnc2c1C. The first kappa shape index (κ1) is 34.2. The first-order valence-electron chi connectivity index (χ1n) is 16.0. The molecule has 2 amide bonds. The highest BCUT2D eigenvalue weighted by atomic mass is 32.2. The Kier molecular flexibility index (Phi) is 9.88. The second-order valence-corrected chi connectivity index (χ2v) is 14.6. The first-order chi connectivity index (χ1) is 22.1. The van der Waals surface area contributed by atoms with Crippen molar-refractivity contribution in [3.63, 3.8) is 0 Å². The summed E-state index contributed by atoms with van der Waals surface area (Å²) in [7, 11) is 0. The van der Waals surface area contributed by atoms with Crippen molar-refractivity contribution in [1.29, 1.82) is 0 Å². The molecular formula is C34H45N7O5S. The number of alkyl carbamates (subject to hydrolysis) is 1. The number of hydrogen-bond donors (Lipinski definition) is 3. The predicted octanol–water partition coefficient (Wildman–Crippen LogP) is 5.23. The minimum Gasteiger partial charge on any atom is -0.480 e. The van der Waals surface area contributed by atoms with Gasteiger partial charge >= 0.3 is 12.1 Å². The molecule has 1 aromatic carbocycles. The number of carboxylic acid groups (broad SMARTS) is 1. The molecule has 1 aliphatic rings. The Morgan fingerprint density at radius 1 is 1.15 bits per heavy atom. The number of fused-ring (bicyclic) bond motifs is 2. The van der Waals surface area contributed by atoms with E-state index in [0.717, 1.165) is 70.4 Å². The zero-order valence-electron chi connectivity index (χ0n) is 28.2. The van der Waals surface area contributed by atoms with Crippen LogP contribution in [0.1, 0.15) is 81.5 Å². The predicted molar refractivity (Wildman–Crippen MR) is 184 cm³/mol. The van der Waals surface area contributed by atoms with Gasteiger partial charge in [0.1, 0.15) is 18.0 Å². The molecule has 3 aromatic heterocycles. The minimum atomic E-state index is -1.19. The van der Waals surface area contributed by atoms with Crippen LogP contribution in [0.15, 0.2) is 30.7 Å². The van der Waals surface area contributed by atoms with E-state index in [1.165, 1.54) is 17.5 Å². The Morgan fingerprint density at radius 3 is 2.47 bits per heavy atom. The van der Waals surface area contributed by atoms with Crippen molar-refractivity contribution >= 4 is 46.5 Å². The second kappa shape index (κ2) is 13.6. The molecule has 1 unspecified atom stereocenters. The molecule has 0 bridgehead atoms. The number of nitrogens with zero attached hydrogens (tertiary/aromatic N) is 5. The fourth-order valence-electron chi connectivity index (χ4n) is 6.39. The van der Waals surface area contributed by atoms with Crippen LogP contribution in [0.2, 0.25) is 0 Å². The van der Waals surface area contributed by atoms with Gasteiger partial charge in [-0.15, -0.1) is 0 Å². The number of piperidine rings is 1. The number of pyridine rings is 1. The number of amides is 2. The van der Waals surface area contributed by atoms with Crippen LogP contribution in [0, 0.1) is 13.8 Å². The Balaban J connectivity index is 1.61. The summed E-state index contributed by atoms with van der Waals surface area (Å²) in [6, 6.07) is 5.38. The van der Waals surface area contributed by atoms with Crippen LogP contribution in [-0.4, -0.2) is 83.6 Å². The molecular weight excluding hydrogens is 618 g/mol. The summed E-state index contributed by atoms with van der Waals surface area (Å²) >= 11 is 1.35. The third-order valence-electron chi connectivity index (χ3n) is 8.74. The quantitative estimate of drug-likeness (QED) is 0.207. The van der Waals surface area contributed by atoms with Gasteiger partial charge in [0.05, 0.1) is 17.8 Å². The topological polar surface area (TPSA) is 157 Å². The van der Waals surface area contributed by atoms with Gasteiger partial charge in [-0.05, 0) is 119 Å². The van der Waals surface area contributed by atoms with Gasteiger partial charge in [0, 0.05) is 22.9 Å². The normalized spacial score (nSPS) is 15.4. The number of nitrogens with one attached hydrogen (secondary N) is 1. The molecule has 1 aliphatic heterocycles. The molecule has 252 valence electrons. The summed E-state index contributed by atoms with van der Waals surface area (Å²) in [5.41, 5.74) is 12.8. The van der Waals surface area contributed by atoms with E-state index in [-0.39, 0.29) is 24.1 Å². The van der Waals surface area contributed by atoms with Gasteiger partial charge < -0.3 is 20.9 Å². The molecule has 0 aliphatic carbocycles. The minimum absolute atomic E-state index is 0.0621. The summed E-state index contributed by atoms with van der Waals surface area (Å²) in [5.74, 6) is -0.923. The zero-order valence-corrected chi connectivity index (χ0v) is 29.0. The molecule has 4 N–H and O–H groups in total. The number of primary amides is 1. The summed E-state index contributed by atoms with van der Waals surface area (Å²) in [4.78, 5) is 42.9. The lowest BCUT2D eigenvalue weighted by Crippen LogP contribution is -2.45. The Morgan fingerprint density at radius 2 is 1.85 bits per heavy atom. The van der Waals surface area contributed by atoms with Crippen molar-refractivity contribution in [3.8, 4) is 11.3 Å².